The van der Waals surface area contributed by atoms with Crippen molar-refractivity contribution in [2.24, 2.45) is 0 Å². The molecule has 1 amide bonds. The number of aryl methyl sites for hydroxylation is 1. The van der Waals surface area contributed by atoms with Gasteiger partial charge in [-0.2, -0.15) is 0 Å². The van der Waals surface area contributed by atoms with Gasteiger partial charge in [0, 0.05) is 22.8 Å². The van der Waals surface area contributed by atoms with Crippen molar-refractivity contribution >= 4 is 34.7 Å². The van der Waals surface area contributed by atoms with E-state index in [0.29, 0.717) is 16.3 Å². The van der Waals surface area contributed by atoms with Crippen LogP contribution in [0.5, 0.6) is 0 Å². The number of hydrogen-bond acceptors (Lipinski definition) is 3. The summed E-state index contributed by atoms with van der Waals surface area (Å²) < 4.78 is 0. The van der Waals surface area contributed by atoms with E-state index in [9.17, 15) is 4.79 Å². The lowest BCUT2D eigenvalue weighted by atomic mass is 10.0. The zero-order valence-corrected chi connectivity index (χ0v) is 14.9. The number of aromatic nitrogens is 1. The number of halogens is 1. The van der Waals surface area contributed by atoms with Gasteiger partial charge in [0.2, 0.25) is 0 Å². The number of pyridine rings is 1. The third-order valence-corrected chi connectivity index (χ3v) is 4.71. The van der Waals surface area contributed by atoms with Gasteiger partial charge in [-0.05, 0) is 54.8 Å². The molecule has 0 aliphatic carbocycles. The summed E-state index contributed by atoms with van der Waals surface area (Å²) in [5.41, 5.74) is 3.73. The maximum absolute atomic E-state index is 12.3. The second-order valence-electron chi connectivity index (χ2n) is 6.25. The number of nitrogens with zero attached hydrogens (tertiary/aromatic N) is 2. The third-order valence-electron chi connectivity index (χ3n) is 4.48. The van der Waals surface area contributed by atoms with Crippen LogP contribution in [0.3, 0.4) is 0 Å². The molecule has 4 nitrogen and oxygen atoms in total. The molecule has 0 saturated carbocycles. The standard InChI is InChI=1S/C21H18ClN3O/c22-17-8-3-6-16(13-17)21(26)24-18-10-11-20(23-14-18)25-12-4-7-15-5-1-2-9-19(15)25/h1-3,5-6,8-11,13-14H,4,7,12H2,(H,24,26). The monoisotopic (exact) mass is 363 g/mol. The number of hydrogen-bond donors (Lipinski definition) is 1. The Morgan fingerprint density at radius 3 is 2.77 bits per heavy atom. The van der Waals surface area contributed by atoms with Crippen molar-refractivity contribution in [2.75, 3.05) is 16.8 Å². The number of para-hydroxylation sites is 1. The van der Waals surface area contributed by atoms with Crippen molar-refractivity contribution in [3.63, 3.8) is 0 Å². The van der Waals surface area contributed by atoms with Crippen molar-refractivity contribution < 1.29 is 4.79 Å². The van der Waals surface area contributed by atoms with E-state index in [2.05, 4.69) is 39.5 Å². The number of nitrogens with one attached hydrogen (secondary N) is 1. The van der Waals surface area contributed by atoms with Crippen molar-refractivity contribution in [3.05, 3.63) is 83.0 Å². The van der Waals surface area contributed by atoms with E-state index in [1.54, 1.807) is 30.5 Å². The van der Waals surface area contributed by atoms with Crippen LogP contribution in [0, 0.1) is 0 Å². The lowest BCUT2D eigenvalue weighted by Crippen LogP contribution is -2.25. The summed E-state index contributed by atoms with van der Waals surface area (Å²) in [6.07, 6.45) is 3.89. The molecule has 2 aromatic carbocycles. The molecule has 1 N–H and O–H groups in total. The number of carbonyl (C=O) groups excluding carboxylic acids is 1. The second-order valence-corrected chi connectivity index (χ2v) is 6.69. The van der Waals surface area contributed by atoms with Crippen LogP contribution in [0.25, 0.3) is 0 Å². The lowest BCUT2D eigenvalue weighted by Gasteiger charge is -2.30. The molecule has 0 spiro atoms. The van der Waals surface area contributed by atoms with Crippen LogP contribution >= 0.6 is 11.6 Å². The predicted molar refractivity (Wildman–Crippen MR) is 105 cm³/mol. The van der Waals surface area contributed by atoms with Gasteiger partial charge in [-0.3, -0.25) is 4.79 Å². The second kappa shape index (κ2) is 7.18. The van der Waals surface area contributed by atoms with E-state index >= 15 is 0 Å². The van der Waals surface area contributed by atoms with Crippen molar-refractivity contribution in [3.8, 4) is 0 Å². The number of amides is 1. The van der Waals surface area contributed by atoms with Gasteiger partial charge in [0.25, 0.3) is 5.91 Å². The molecule has 0 saturated heterocycles. The molecule has 5 heteroatoms. The van der Waals surface area contributed by atoms with Gasteiger partial charge in [-0.1, -0.05) is 35.9 Å². The summed E-state index contributed by atoms with van der Waals surface area (Å²) >= 11 is 5.94. The largest absolute Gasteiger partial charge is 0.326 e. The summed E-state index contributed by atoms with van der Waals surface area (Å²) in [6, 6.07) is 19.1. The molecule has 0 bridgehead atoms. The van der Waals surface area contributed by atoms with Gasteiger partial charge in [-0.25, -0.2) is 4.98 Å². The zero-order valence-electron chi connectivity index (χ0n) is 14.2. The van der Waals surface area contributed by atoms with Gasteiger partial charge in [0.15, 0.2) is 0 Å². The fourth-order valence-electron chi connectivity index (χ4n) is 3.22. The molecule has 26 heavy (non-hydrogen) atoms. The van der Waals surface area contributed by atoms with Crippen molar-refractivity contribution in [1.29, 1.82) is 0 Å². The molecule has 130 valence electrons. The number of benzene rings is 2. The van der Waals surface area contributed by atoms with E-state index in [-0.39, 0.29) is 5.91 Å². The Balaban J connectivity index is 1.52. The first-order chi connectivity index (χ1) is 12.7. The van der Waals surface area contributed by atoms with E-state index in [4.69, 9.17) is 11.6 Å². The molecule has 0 fully saturated rings. The fourth-order valence-corrected chi connectivity index (χ4v) is 3.41. The smallest absolute Gasteiger partial charge is 0.255 e. The fraction of sp³-hybridized carbons (Fsp3) is 0.143. The first-order valence-corrected chi connectivity index (χ1v) is 8.97. The molecule has 1 aromatic heterocycles. The molecule has 2 heterocycles. The third kappa shape index (κ3) is 3.41. The van der Waals surface area contributed by atoms with Crippen LogP contribution in [-0.2, 0) is 6.42 Å². The minimum Gasteiger partial charge on any atom is -0.326 e. The Hall–Kier alpha value is -2.85. The van der Waals surface area contributed by atoms with E-state index in [1.165, 1.54) is 11.3 Å². The maximum Gasteiger partial charge on any atom is 0.255 e. The predicted octanol–water partition coefficient (Wildman–Crippen LogP) is 5.07. The van der Waals surface area contributed by atoms with Gasteiger partial charge >= 0.3 is 0 Å². The SMILES string of the molecule is O=C(Nc1ccc(N2CCCc3ccccc32)nc1)c1cccc(Cl)c1. The van der Waals surface area contributed by atoms with Crippen LogP contribution in [0.2, 0.25) is 5.02 Å². The summed E-state index contributed by atoms with van der Waals surface area (Å²) in [5.74, 6) is 0.684. The van der Waals surface area contributed by atoms with Gasteiger partial charge in [0.05, 0.1) is 11.9 Å². The Bertz CT molecular complexity index is 940. The number of carbonyl (C=O) groups is 1. The quantitative estimate of drug-likeness (QED) is 0.706. The first-order valence-electron chi connectivity index (χ1n) is 8.59. The number of anilines is 3. The van der Waals surface area contributed by atoms with E-state index in [1.807, 2.05) is 12.1 Å². The van der Waals surface area contributed by atoms with Crippen LogP contribution in [0.1, 0.15) is 22.3 Å². The molecule has 3 aromatic rings. The molecule has 4 rings (SSSR count). The van der Waals surface area contributed by atoms with Gasteiger partial charge < -0.3 is 10.2 Å². The van der Waals surface area contributed by atoms with Crippen molar-refractivity contribution in [1.82, 2.24) is 4.98 Å². The number of rotatable bonds is 3. The average molecular weight is 364 g/mol. The maximum atomic E-state index is 12.3. The Morgan fingerprint density at radius 2 is 1.96 bits per heavy atom. The topological polar surface area (TPSA) is 45.2 Å². The molecule has 0 atom stereocenters. The summed E-state index contributed by atoms with van der Waals surface area (Å²) in [7, 11) is 0. The molecule has 1 aliphatic heterocycles. The van der Waals surface area contributed by atoms with Crippen molar-refractivity contribution in [2.45, 2.75) is 12.8 Å². The minimum atomic E-state index is -0.203. The first kappa shape index (κ1) is 16.6. The highest BCUT2D eigenvalue weighted by Crippen LogP contribution is 2.32. The minimum absolute atomic E-state index is 0.203. The van der Waals surface area contributed by atoms with E-state index in [0.717, 1.165) is 25.2 Å². The van der Waals surface area contributed by atoms with Gasteiger partial charge in [0.1, 0.15) is 5.82 Å². The molecule has 0 unspecified atom stereocenters. The number of fused-ring (bicyclic) bond motifs is 1. The Morgan fingerprint density at radius 1 is 1.08 bits per heavy atom. The summed E-state index contributed by atoms with van der Waals surface area (Å²) in [6.45, 7) is 0.943. The van der Waals surface area contributed by atoms with Crippen LogP contribution in [0.15, 0.2) is 66.9 Å². The van der Waals surface area contributed by atoms with E-state index < -0.39 is 0 Å². The normalized spacial score (nSPS) is 13.2. The van der Waals surface area contributed by atoms with Crippen LogP contribution < -0.4 is 10.2 Å². The van der Waals surface area contributed by atoms with Crippen LogP contribution in [0.4, 0.5) is 17.2 Å². The molecular formula is C21H18ClN3O. The highest BCUT2D eigenvalue weighted by Gasteiger charge is 2.18. The Kier molecular flexibility index (Phi) is 4.59. The molecule has 1 aliphatic rings. The van der Waals surface area contributed by atoms with Gasteiger partial charge in [-0.15, -0.1) is 0 Å². The zero-order chi connectivity index (χ0) is 17.9. The molecule has 0 radical (unpaired) electrons. The Labute approximate surface area is 157 Å². The average Bonchev–Trinajstić information content (AvgIpc) is 2.68. The highest BCUT2D eigenvalue weighted by atomic mass is 35.5. The summed E-state index contributed by atoms with van der Waals surface area (Å²) in [4.78, 5) is 19.1. The lowest BCUT2D eigenvalue weighted by molar-refractivity contribution is 0.102. The highest BCUT2D eigenvalue weighted by molar-refractivity contribution is 6.31. The molecular weight excluding hydrogens is 346 g/mol. The summed E-state index contributed by atoms with van der Waals surface area (Å²) in [5, 5.41) is 3.39. The van der Waals surface area contributed by atoms with Crippen LogP contribution in [-0.4, -0.2) is 17.4 Å².